The zero-order chi connectivity index (χ0) is 12.0. The van der Waals surface area contributed by atoms with Gasteiger partial charge in [-0.15, -0.1) is 0 Å². The van der Waals surface area contributed by atoms with Gasteiger partial charge in [-0.3, -0.25) is 0 Å². The molecule has 0 fully saturated rings. The summed E-state index contributed by atoms with van der Waals surface area (Å²) in [5.74, 6) is -0.316. The molecule has 0 aromatic heterocycles. The van der Waals surface area contributed by atoms with Crippen molar-refractivity contribution in [3.05, 3.63) is 12.2 Å². The number of hydrogen-bond donors (Lipinski definition) is 0. The maximum absolute atomic E-state index is 11.4. The van der Waals surface area contributed by atoms with Gasteiger partial charge in [-0.1, -0.05) is 6.58 Å². The van der Waals surface area contributed by atoms with Gasteiger partial charge in [0.1, 0.15) is 6.10 Å². The van der Waals surface area contributed by atoms with Gasteiger partial charge in [-0.25, -0.2) is 4.79 Å². The molecule has 15 heavy (non-hydrogen) atoms. The first-order valence-electron chi connectivity index (χ1n) is 4.99. The smallest absolute Gasteiger partial charge is 0.333 e. The lowest BCUT2D eigenvalue weighted by Crippen LogP contribution is -2.38. The third-order valence-corrected chi connectivity index (χ3v) is 1.76. The van der Waals surface area contributed by atoms with E-state index in [1.807, 2.05) is 38.0 Å². The quantitative estimate of drug-likeness (QED) is 0.479. The molecular formula is C11H22N2O2. The fraction of sp³-hybridized carbons (Fsp3) is 0.727. The predicted octanol–water partition coefficient (Wildman–Crippen LogP) is 0.598. The van der Waals surface area contributed by atoms with E-state index in [0.717, 1.165) is 13.1 Å². The SMILES string of the molecule is C=C(C)C(=O)OC(CN(C)C)CN(C)C. The normalized spacial score (nSPS) is 11.2. The second kappa shape index (κ2) is 6.58. The largest absolute Gasteiger partial charge is 0.456 e. The molecule has 0 heterocycles. The summed E-state index contributed by atoms with van der Waals surface area (Å²) in [6.45, 7) is 6.66. The predicted molar refractivity (Wildman–Crippen MR) is 61.8 cm³/mol. The Morgan fingerprint density at radius 3 is 1.87 bits per heavy atom. The standard InChI is InChI=1S/C11H22N2O2/c1-9(2)11(14)15-10(7-12(3)4)8-13(5)6/h10H,1,7-8H2,2-6H3. The first kappa shape index (κ1) is 14.1. The molecule has 0 spiro atoms. The minimum absolute atomic E-state index is 0.112. The van der Waals surface area contributed by atoms with Gasteiger partial charge in [-0.2, -0.15) is 0 Å². The van der Waals surface area contributed by atoms with Gasteiger partial charge in [0.2, 0.25) is 0 Å². The van der Waals surface area contributed by atoms with Crippen molar-refractivity contribution in [2.75, 3.05) is 41.3 Å². The van der Waals surface area contributed by atoms with Crippen LogP contribution in [0.25, 0.3) is 0 Å². The average molecular weight is 214 g/mol. The summed E-state index contributed by atoms with van der Waals surface area (Å²) in [7, 11) is 7.82. The van der Waals surface area contributed by atoms with E-state index in [9.17, 15) is 4.79 Å². The molecule has 0 rings (SSSR count). The Kier molecular flexibility index (Phi) is 6.20. The third kappa shape index (κ3) is 7.11. The third-order valence-electron chi connectivity index (χ3n) is 1.76. The summed E-state index contributed by atoms with van der Waals surface area (Å²) < 4.78 is 5.31. The van der Waals surface area contributed by atoms with Crippen molar-refractivity contribution < 1.29 is 9.53 Å². The molecule has 0 N–H and O–H groups in total. The Hall–Kier alpha value is -0.870. The Morgan fingerprint density at radius 2 is 1.60 bits per heavy atom. The van der Waals surface area contributed by atoms with Crippen molar-refractivity contribution >= 4 is 5.97 Å². The summed E-state index contributed by atoms with van der Waals surface area (Å²) >= 11 is 0. The molecule has 0 aromatic carbocycles. The highest BCUT2D eigenvalue weighted by Crippen LogP contribution is 2.01. The number of likely N-dealkylation sites (N-methyl/N-ethyl adjacent to an activating group) is 2. The lowest BCUT2D eigenvalue weighted by atomic mass is 10.3. The molecule has 0 aliphatic rings. The van der Waals surface area contributed by atoms with Crippen LogP contribution in [0.5, 0.6) is 0 Å². The number of esters is 1. The highest BCUT2D eigenvalue weighted by molar-refractivity contribution is 5.87. The molecule has 0 unspecified atom stereocenters. The fourth-order valence-corrected chi connectivity index (χ4v) is 1.20. The molecule has 0 saturated heterocycles. The van der Waals surface area contributed by atoms with Crippen molar-refractivity contribution in [2.45, 2.75) is 13.0 Å². The summed E-state index contributed by atoms with van der Waals surface area (Å²) in [6.07, 6.45) is -0.112. The van der Waals surface area contributed by atoms with Crippen LogP contribution in [0.15, 0.2) is 12.2 Å². The summed E-state index contributed by atoms with van der Waals surface area (Å²) in [5, 5.41) is 0. The van der Waals surface area contributed by atoms with Gasteiger partial charge in [0.15, 0.2) is 0 Å². The Labute approximate surface area is 92.5 Å². The molecule has 0 saturated carbocycles. The van der Waals surface area contributed by atoms with Crippen molar-refractivity contribution in [2.24, 2.45) is 0 Å². The van der Waals surface area contributed by atoms with E-state index < -0.39 is 0 Å². The first-order chi connectivity index (χ1) is 6.82. The van der Waals surface area contributed by atoms with E-state index in [2.05, 4.69) is 6.58 Å². The maximum atomic E-state index is 11.4. The van der Waals surface area contributed by atoms with Gasteiger partial charge in [0, 0.05) is 18.7 Å². The van der Waals surface area contributed by atoms with Crippen LogP contribution in [0.3, 0.4) is 0 Å². The highest BCUT2D eigenvalue weighted by Gasteiger charge is 2.16. The van der Waals surface area contributed by atoms with Crippen LogP contribution in [0.4, 0.5) is 0 Å². The second-order valence-electron chi connectivity index (χ2n) is 4.33. The zero-order valence-electron chi connectivity index (χ0n) is 10.4. The van der Waals surface area contributed by atoms with Crippen LogP contribution < -0.4 is 0 Å². The number of carbonyl (C=O) groups excluding carboxylic acids is 1. The lowest BCUT2D eigenvalue weighted by molar-refractivity contribution is -0.145. The van der Waals surface area contributed by atoms with Crippen LogP contribution in [0, 0.1) is 0 Å². The summed E-state index contributed by atoms with van der Waals surface area (Å²) in [4.78, 5) is 15.4. The van der Waals surface area contributed by atoms with Gasteiger partial charge >= 0.3 is 5.97 Å². The van der Waals surface area contributed by atoms with E-state index in [-0.39, 0.29) is 12.1 Å². The highest BCUT2D eigenvalue weighted by atomic mass is 16.5. The van der Waals surface area contributed by atoms with Gasteiger partial charge < -0.3 is 14.5 Å². The van der Waals surface area contributed by atoms with E-state index in [4.69, 9.17) is 4.74 Å². The molecule has 0 atom stereocenters. The van der Waals surface area contributed by atoms with E-state index in [1.165, 1.54) is 0 Å². The second-order valence-corrected chi connectivity index (χ2v) is 4.33. The molecule has 0 radical (unpaired) electrons. The molecule has 4 nitrogen and oxygen atoms in total. The lowest BCUT2D eigenvalue weighted by Gasteiger charge is -2.24. The molecule has 0 aromatic rings. The van der Waals surface area contributed by atoms with Gasteiger partial charge in [-0.05, 0) is 35.1 Å². The molecule has 0 bridgehead atoms. The topological polar surface area (TPSA) is 32.8 Å². The molecular weight excluding hydrogens is 192 g/mol. The van der Waals surface area contributed by atoms with E-state index >= 15 is 0 Å². The van der Waals surface area contributed by atoms with Crippen molar-refractivity contribution in [3.63, 3.8) is 0 Å². The monoisotopic (exact) mass is 214 g/mol. The number of rotatable bonds is 6. The van der Waals surface area contributed by atoms with Gasteiger partial charge in [0.25, 0.3) is 0 Å². The van der Waals surface area contributed by atoms with Crippen LogP contribution >= 0.6 is 0 Å². The van der Waals surface area contributed by atoms with Crippen molar-refractivity contribution in [3.8, 4) is 0 Å². The Bertz CT molecular complexity index is 215. The minimum Gasteiger partial charge on any atom is -0.456 e. The van der Waals surface area contributed by atoms with Crippen molar-refractivity contribution in [1.82, 2.24) is 9.80 Å². The van der Waals surface area contributed by atoms with Crippen LogP contribution in [0.2, 0.25) is 0 Å². The molecule has 4 heteroatoms. The number of ether oxygens (including phenoxy) is 1. The van der Waals surface area contributed by atoms with E-state index in [1.54, 1.807) is 6.92 Å². The van der Waals surface area contributed by atoms with Crippen LogP contribution in [-0.2, 0) is 9.53 Å². The van der Waals surface area contributed by atoms with E-state index in [0.29, 0.717) is 5.57 Å². The first-order valence-corrected chi connectivity index (χ1v) is 4.99. The van der Waals surface area contributed by atoms with Crippen LogP contribution in [-0.4, -0.2) is 63.2 Å². The number of carbonyl (C=O) groups is 1. The molecule has 0 aliphatic carbocycles. The average Bonchev–Trinajstić information content (AvgIpc) is 2.00. The molecule has 0 aliphatic heterocycles. The summed E-state index contributed by atoms with van der Waals surface area (Å²) in [5.41, 5.74) is 0.442. The molecule has 88 valence electrons. The Morgan fingerprint density at radius 1 is 1.20 bits per heavy atom. The van der Waals surface area contributed by atoms with Crippen molar-refractivity contribution in [1.29, 1.82) is 0 Å². The maximum Gasteiger partial charge on any atom is 0.333 e. The molecule has 0 amide bonds. The van der Waals surface area contributed by atoms with Gasteiger partial charge in [0.05, 0.1) is 0 Å². The number of hydrogen-bond acceptors (Lipinski definition) is 4. The zero-order valence-corrected chi connectivity index (χ0v) is 10.4. The fourth-order valence-electron chi connectivity index (χ4n) is 1.20. The number of nitrogens with zero attached hydrogens (tertiary/aromatic N) is 2. The summed E-state index contributed by atoms with van der Waals surface area (Å²) in [6, 6.07) is 0. The minimum atomic E-state index is -0.316. The van der Waals surface area contributed by atoms with Crippen LogP contribution in [0.1, 0.15) is 6.92 Å². The Balaban J connectivity index is 4.23.